The molecule has 0 spiro atoms. The quantitative estimate of drug-likeness (QED) is 0.874. The van der Waals surface area contributed by atoms with Gasteiger partial charge in [-0.3, -0.25) is 14.5 Å². The van der Waals surface area contributed by atoms with Crippen LogP contribution in [0, 0.1) is 13.8 Å². The molecule has 3 heterocycles. The number of halogens is 1. The number of carbonyl (C=O) groups is 1. The highest BCUT2D eigenvalue weighted by Gasteiger charge is 2.31. The van der Waals surface area contributed by atoms with Gasteiger partial charge in [-0.15, -0.1) is 0 Å². The Morgan fingerprint density at radius 1 is 1.41 bits per heavy atom. The second kappa shape index (κ2) is 6.08. The van der Waals surface area contributed by atoms with Crippen LogP contribution in [0.1, 0.15) is 36.0 Å². The average Bonchev–Trinajstić information content (AvgIpc) is 3.10. The Hall–Kier alpha value is -1.88. The molecule has 1 saturated heterocycles. The lowest BCUT2D eigenvalue weighted by Gasteiger charge is -2.24. The topological polar surface area (TPSA) is 51.0 Å². The average molecular weight is 319 g/mol. The zero-order valence-corrected chi connectivity index (χ0v) is 13.5. The molecule has 1 amide bonds. The first-order chi connectivity index (χ1) is 10.6. The smallest absolute Gasteiger partial charge is 0.244 e. The monoisotopic (exact) mass is 318 g/mol. The highest BCUT2D eigenvalue weighted by Crippen LogP contribution is 2.31. The number of hydrogen-bond donors (Lipinski definition) is 0. The number of aromatic nitrogens is 3. The van der Waals surface area contributed by atoms with Crippen molar-refractivity contribution in [3.63, 3.8) is 0 Å². The summed E-state index contributed by atoms with van der Waals surface area (Å²) in [6, 6.07) is 5.91. The van der Waals surface area contributed by atoms with Crippen molar-refractivity contribution in [2.45, 2.75) is 39.3 Å². The molecule has 0 bridgehead atoms. The predicted molar refractivity (Wildman–Crippen MR) is 84.6 cm³/mol. The highest BCUT2D eigenvalue weighted by atomic mass is 35.5. The summed E-state index contributed by atoms with van der Waals surface area (Å²) in [4.78, 5) is 19.0. The fourth-order valence-electron chi connectivity index (χ4n) is 2.99. The van der Waals surface area contributed by atoms with Crippen LogP contribution >= 0.6 is 11.6 Å². The van der Waals surface area contributed by atoms with Crippen LogP contribution in [-0.2, 0) is 11.3 Å². The van der Waals surface area contributed by atoms with Gasteiger partial charge in [0.1, 0.15) is 6.54 Å². The van der Waals surface area contributed by atoms with Gasteiger partial charge in [0.25, 0.3) is 0 Å². The van der Waals surface area contributed by atoms with Crippen molar-refractivity contribution in [2.75, 3.05) is 6.54 Å². The van der Waals surface area contributed by atoms with Crippen LogP contribution in [0.5, 0.6) is 0 Å². The van der Waals surface area contributed by atoms with Crippen LogP contribution in [0.25, 0.3) is 0 Å². The molecule has 0 radical (unpaired) electrons. The van der Waals surface area contributed by atoms with Gasteiger partial charge in [0, 0.05) is 12.7 Å². The number of rotatable bonds is 3. The number of amides is 1. The molecule has 1 atom stereocenters. The first-order valence-electron chi connectivity index (χ1n) is 7.48. The molecule has 6 heteroatoms. The molecule has 0 unspecified atom stereocenters. The fourth-order valence-corrected chi connectivity index (χ4v) is 3.13. The van der Waals surface area contributed by atoms with Crippen molar-refractivity contribution in [1.29, 1.82) is 0 Å². The predicted octanol–water partition coefficient (Wildman–Crippen LogP) is 2.91. The van der Waals surface area contributed by atoms with Gasteiger partial charge in [0.15, 0.2) is 0 Å². The molecule has 2 aromatic heterocycles. The number of hydrogen-bond acceptors (Lipinski definition) is 3. The molecule has 1 aliphatic rings. The van der Waals surface area contributed by atoms with Crippen molar-refractivity contribution in [3.8, 4) is 0 Å². The maximum absolute atomic E-state index is 12.7. The van der Waals surface area contributed by atoms with Gasteiger partial charge in [0.05, 0.1) is 28.1 Å². The van der Waals surface area contributed by atoms with Crippen LogP contribution in [0.4, 0.5) is 0 Å². The standard InChI is InChI=1S/C16H19ClN4O/c1-11-16(17)12(2)21(19-11)10-15(22)20-9-5-7-14(20)13-6-3-4-8-18-13/h3-4,6,8,14H,5,7,9-10H2,1-2H3/t14-/m0/s1. The maximum atomic E-state index is 12.7. The van der Waals surface area contributed by atoms with Crippen molar-refractivity contribution in [2.24, 2.45) is 0 Å². The van der Waals surface area contributed by atoms with Gasteiger partial charge >= 0.3 is 0 Å². The fraction of sp³-hybridized carbons (Fsp3) is 0.438. The number of pyridine rings is 1. The first-order valence-corrected chi connectivity index (χ1v) is 7.85. The summed E-state index contributed by atoms with van der Waals surface area (Å²) < 4.78 is 1.69. The lowest BCUT2D eigenvalue weighted by molar-refractivity contribution is -0.133. The minimum Gasteiger partial charge on any atom is -0.332 e. The number of nitrogens with zero attached hydrogens (tertiary/aromatic N) is 4. The maximum Gasteiger partial charge on any atom is 0.244 e. The summed E-state index contributed by atoms with van der Waals surface area (Å²) in [5, 5.41) is 4.98. The molecule has 2 aromatic rings. The lowest BCUT2D eigenvalue weighted by Crippen LogP contribution is -2.34. The third-order valence-corrected chi connectivity index (χ3v) is 4.73. The second-order valence-electron chi connectivity index (χ2n) is 5.64. The summed E-state index contributed by atoms with van der Waals surface area (Å²) in [6.45, 7) is 4.73. The molecule has 0 N–H and O–H groups in total. The highest BCUT2D eigenvalue weighted by molar-refractivity contribution is 6.31. The Morgan fingerprint density at radius 2 is 2.23 bits per heavy atom. The van der Waals surface area contributed by atoms with Crippen LogP contribution in [0.15, 0.2) is 24.4 Å². The Labute approximate surface area is 134 Å². The molecule has 0 aliphatic carbocycles. The van der Waals surface area contributed by atoms with Crippen LogP contribution in [0.2, 0.25) is 5.02 Å². The largest absolute Gasteiger partial charge is 0.332 e. The van der Waals surface area contributed by atoms with E-state index in [9.17, 15) is 4.79 Å². The van der Waals surface area contributed by atoms with Crippen molar-refractivity contribution in [1.82, 2.24) is 19.7 Å². The van der Waals surface area contributed by atoms with Crippen molar-refractivity contribution < 1.29 is 4.79 Å². The Bertz CT molecular complexity index is 683. The molecule has 5 nitrogen and oxygen atoms in total. The molecule has 0 aromatic carbocycles. The summed E-state index contributed by atoms with van der Waals surface area (Å²) in [5.74, 6) is 0.0652. The zero-order chi connectivity index (χ0) is 15.7. The minimum absolute atomic E-state index is 0.0652. The Kier molecular flexibility index (Phi) is 4.16. The van der Waals surface area contributed by atoms with E-state index in [0.717, 1.165) is 36.5 Å². The SMILES string of the molecule is Cc1nn(CC(=O)N2CCC[C@H]2c2ccccn2)c(C)c1Cl. The summed E-state index contributed by atoms with van der Waals surface area (Å²) in [6.07, 6.45) is 3.74. The molecule has 22 heavy (non-hydrogen) atoms. The molecule has 0 saturated carbocycles. The van der Waals surface area contributed by atoms with Crippen LogP contribution in [-0.4, -0.2) is 32.1 Å². The van der Waals surface area contributed by atoms with E-state index in [1.54, 1.807) is 10.9 Å². The lowest BCUT2D eigenvalue weighted by atomic mass is 10.1. The minimum atomic E-state index is 0.0652. The van der Waals surface area contributed by atoms with Crippen molar-refractivity contribution in [3.05, 3.63) is 46.5 Å². The van der Waals surface area contributed by atoms with E-state index in [1.165, 1.54) is 0 Å². The van der Waals surface area contributed by atoms with Gasteiger partial charge in [-0.2, -0.15) is 5.10 Å². The Balaban J connectivity index is 1.78. The molecular formula is C16H19ClN4O. The van der Waals surface area contributed by atoms with E-state index in [0.29, 0.717) is 5.02 Å². The van der Waals surface area contributed by atoms with E-state index in [4.69, 9.17) is 11.6 Å². The van der Waals surface area contributed by atoms with Gasteiger partial charge in [0.2, 0.25) is 5.91 Å². The zero-order valence-electron chi connectivity index (χ0n) is 12.8. The summed E-state index contributed by atoms with van der Waals surface area (Å²) in [5.41, 5.74) is 2.55. The third kappa shape index (κ3) is 2.73. The van der Waals surface area contributed by atoms with E-state index >= 15 is 0 Å². The van der Waals surface area contributed by atoms with E-state index in [2.05, 4.69) is 10.1 Å². The summed E-state index contributed by atoms with van der Waals surface area (Å²) in [7, 11) is 0. The molecular weight excluding hydrogens is 300 g/mol. The number of aryl methyl sites for hydroxylation is 1. The first kappa shape index (κ1) is 15.0. The van der Waals surface area contributed by atoms with E-state index < -0.39 is 0 Å². The van der Waals surface area contributed by atoms with Gasteiger partial charge in [-0.25, -0.2) is 0 Å². The normalized spacial score (nSPS) is 18.0. The van der Waals surface area contributed by atoms with Gasteiger partial charge in [-0.05, 0) is 38.8 Å². The van der Waals surface area contributed by atoms with Crippen LogP contribution < -0.4 is 0 Å². The third-order valence-electron chi connectivity index (χ3n) is 4.18. The van der Waals surface area contributed by atoms with Gasteiger partial charge in [-0.1, -0.05) is 17.7 Å². The molecule has 3 rings (SSSR count). The van der Waals surface area contributed by atoms with E-state index in [-0.39, 0.29) is 18.5 Å². The van der Waals surface area contributed by atoms with Gasteiger partial charge < -0.3 is 4.90 Å². The van der Waals surface area contributed by atoms with Crippen molar-refractivity contribution >= 4 is 17.5 Å². The second-order valence-corrected chi connectivity index (χ2v) is 6.02. The molecule has 116 valence electrons. The van der Waals surface area contributed by atoms with E-state index in [1.807, 2.05) is 36.9 Å². The number of carbonyl (C=O) groups excluding carboxylic acids is 1. The van der Waals surface area contributed by atoms with Crippen LogP contribution in [0.3, 0.4) is 0 Å². The molecule has 1 fully saturated rings. The summed E-state index contributed by atoms with van der Waals surface area (Å²) >= 11 is 6.15. The number of likely N-dealkylation sites (tertiary alicyclic amines) is 1. The molecule has 1 aliphatic heterocycles. The Morgan fingerprint density at radius 3 is 2.86 bits per heavy atom.